The van der Waals surface area contributed by atoms with Gasteiger partial charge in [0.1, 0.15) is 18.7 Å². The maximum atomic E-state index is 13.4. The minimum absolute atomic E-state index is 0.0491. The summed E-state index contributed by atoms with van der Waals surface area (Å²) in [5, 5.41) is 10.6. The van der Waals surface area contributed by atoms with Crippen LogP contribution in [0.1, 0.15) is 30.9 Å². The molecule has 0 aliphatic rings. The van der Waals surface area contributed by atoms with Crippen LogP contribution in [0.15, 0.2) is 59.7 Å². The molecule has 0 unspecified atom stereocenters. The van der Waals surface area contributed by atoms with Gasteiger partial charge in [-0.25, -0.2) is 14.1 Å². The molecule has 4 rings (SSSR count). The van der Waals surface area contributed by atoms with Gasteiger partial charge in [0.2, 0.25) is 5.91 Å². The summed E-state index contributed by atoms with van der Waals surface area (Å²) in [6.45, 7) is 4.21. The summed E-state index contributed by atoms with van der Waals surface area (Å²) in [5.74, 6) is -0.315. The molecule has 0 aliphatic carbocycles. The molecule has 31 heavy (non-hydrogen) atoms. The molecule has 158 valence electrons. The summed E-state index contributed by atoms with van der Waals surface area (Å²) in [6.07, 6.45) is 1.29. The van der Waals surface area contributed by atoms with Gasteiger partial charge in [-0.05, 0) is 41.3 Å². The number of fused-ring (bicyclic) bond motifs is 1. The number of hydrogen-bond acceptors (Lipinski definition) is 5. The molecule has 0 saturated heterocycles. The second-order valence-electron chi connectivity index (χ2n) is 7.55. The zero-order chi connectivity index (χ0) is 22.0. The maximum Gasteiger partial charge on any atom is 0.283 e. The monoisotopic (exact) mass is 420 g/mol. The lowest BCUT2D eigenvalue weighted by Gasteiger charge is -2.09. The van der Waals surface area contributed by atoms with Crippen molar-refractivity contribution in [1.29, 1.82) is 0 Å². The minimum Gasteiger partial charge on any atom is -0.325 e. The molecule has 0 fully saturated rings. The fraction of sp³-hybridized carbons (Fsp3) is 0.227. The van der Waals surface area contributed by atoms with Crippen molar-refractivity contribution in [3.05, 3.63) is 82.2 Å². The highest BCUT2D eigenvalue weighted by Crippen LogP contribution is 2.17. The predicted molar refractivity (Wildman–Crippen MR) is 114 cm³/mol. The van der Waals surface area contributed by atoms with Crippen LogP contribution < -0.4 is 10.9 Å². The van der Waals surface area contributed by atoms with Crippen molar-refractivity contribution in [2.24, 2.45) is 0 Å². The average molecular weight is 420 g/mol. The van der Waals surface area contributed by atoms with E-state index in [1.54, 1.807) is 12.1 Å². The molecule has 2 aromatic heterocycles. The molecule has 2 aromatic carbocycles. The van der Waals surface area contributed by atoms with Crippen LogP contribution >= 0.6 is 0 Å². The first-order valence-corrected chi connectivity index (χ1v) is 9.83. The van der Waals surface area contributed by atoms with E-state index in [9.17, 15) is 14.0 Å². The van der Waals surface area contributed by atoms with Crippen LogP contribution in [-0.2, 0) is 17.9 Å². The van der Waals surface area contributed by atoms with Gasteiger partial charge in [-0.2, -0.15) is 0 Å². The first-order chi connectivity index (χ1) is 14.9. The number of amides is 1. The SMILES string of the molecule is CC(C)c1ccc(NC(=O)Cn2cnc3c(nnn3Cc3cccc(F)c3)c2=O)cc1. The molecule has 4 aromatic rings. The normalized spacial score (nSPS) is 11.2. The van der Waals surface area contributed by atoms with Gasteiger partial charge in [-0.3, -0.25) is 14.2 Å². The van der Waals surface area contributed by atoms with Crippen molar-refractivity contribution in [3.63, 3.8) is 0 Å². The largest absolute Gasteiger partial charge is 0.325 e. The number of aromatic nitrogens is 5. The van der Waals surface area contributed by atoms with Crippen LogP contribution in [0, 0.1) is 5.82 Å². The molecular formula is C22H21FN6O2. The van der Waals surface area contributed by atoms with Crippen molar-refractivity contribution in [2.45, 2.75) is 32.9 Å². The van der Waals surface area contributed by atoms with E-state index >= 15 is 0 Å². The van der Waals surface area contributed by atoms with Crippen molar-refractivity contribution in [3.8, 4) is 0 Å². The molecule has 0 spiro atoms. The topological polar surface area (TPSA) is 94.7 Å². The number of carbonyl (C=O) groups is 1. The Kier molecular flexibility index (Phi) is 5.57. The second kappa shape index (κ2) is 8.47. The van der Waals surface area contributed by atoms with E-state index in [0.717, 1.165) is 0 Å². The first-order valence-electron chi connectivity index (χ1n) is 9.83. The van der Waals surface area contributed by atoms with Crippen molar-refractivity contribution in [1.82, 2.24) is 24.5 Å². The Morgan fingerprint density at radius 3 is 2.65 bits per heavy atom. The lowest BCUT2D eigenvalue weighted by molar-refractivity contribution is -0.116. The van der Waals surface area contributed by atoms with Crippen LogP contribution in [0.4, 0.5) is 10.1 Å². The summed E-state index contributed by atoms with van der Waals surface area (Å²) in [6, 6.07) is 13.6. The molecule has 9 heteroatoms. The van der Waals surface area contributed by atoms with Crippen LogP contribution in [0.3, 0.4) is 0 Å². The molecule has 0 aliphatic heterocycles. The van der Waals surface area contributed by atoms with Gasteiger partial charge in [-0.15, -0.1) is 5.10 Å². The predicted octanol–water partition coefficient (Wildman–Crippen LogP) is 2.94. The third-order valence-corrected chi connectivity index (χ3v) is 4.89. The molecule has 0 saturated carbocycles. The molecule has 8 nitrogen and oxygen atoms in total. The lowest BCUT2D eigenvalue weighted by atomic mass is 10.0. The quantitative estimate of drug-likeness (QED) is 0.518. The molecule has 0 bridgehead atoms. The van der Waals surface area contributed by atoms with Crippen molar-refractivity contribution in [2.75, 3.05) is 5.32 Å². The Bertz CT molecular complexity index is 1290. The van der Waals surface area contributed by atoms with E-state index in [2.05, 4.69) is 34.5 Å². The van der Waals surface area contributed by atoms with Gasteiger partial charge in [-0.1, -0.05) is 43.3 Å². The highest BCUT2D eigenvalue weighted by molar-refractivity contribution is 5.90. The molecule has 2 heterocycles. The number of nitrogens with one attached hydrogen (secondary N) is 1. The van der Waals surface area contributed by atoms with Crippen LogP contribution in [0.25, 0.3) is 11.2 Å². The Hall–Kier alpha value is -3.88. The second-order valence-corrected chi connectivity index (χ2v) is 7.55. The molecule has 1 amide bonds. The summed E-state index contributed by atoms with van der Waals surface area (Å²) >= 11 is 0. The van der Waals surface area contributed by atoms with E-state index in [1.807, 2.05) is 24.3 Å². The standard InChI is InChI=1S/C22H21FN6O2/c1-14(2)16-6-8-18(9-7-16)25-19(30)12-28-13-24-21-20(22(28)31)26-27-29(21)11-15-4-3-5-17(23)10-15/h3-10,13-14H,11-12H2,1-2H3,(H,25,30). The number of halogens is 1. The Morgan fingerprint density at radius 2 is 1.94 bits per heavy atom. The van der Waals surface area contributed by atoms with Crippen LogP contribution in [0.2, 0.25) is 0 Å². The third-order valence-electron chi connectivity index (χ3n) is 4.89. The Labute approximate surface area is 177 Å². The molecule has 0 radical (unpaired) electrons. The molecule has 0 atom stereocenters. The number of rotatable bonds is 6. The Balaban J connectivity index is 1.50. The fourth-order valence-electron chi connectivity index (χ4n) is 3.22. The van der Waals surface area contributed by atoms with Gasteiger partial charge >= 0.3 is 0 Å². The molecule has 1 N–H and O–H groups in total. The van der Waals surface area contributed by atoms with E-state index in [1.165, 1.54) is 33.3 Å². The molecular weight excluding hydrogens is 399 g/mol. The van der Waals surface area contributed by atoms with E-state index in [0.29, 0.717) is 17.2 Å². The number of hydrogen-bond donors (Lipinski definition) is 1. The van der Waals surface area contributed by atoms with Crippen LogP contribution in [-0.4, -0.2) is 30.5 Å². The van der Waals surface area contributed by atoms with E-state index < -0.39 is 5.56 Å². The van der Waals surface area contributed by atoms with E-state index in [4.69, 9.17) is 0 Å². The number of nitrogens with zero attached hydrogens (tertiary/aromatic N) is 5. The van der Waals surface area contributed by atoms with Crippen molar-refractivity contribution < 1.29 is 9.18 Å². The third kappa shape index (κ3) is 4.50. The maximum absolute atomic E-state index is 13.4. The smallest absolute Gasteiger partial charge is 0.283 e. The average Bonchev–Trinajstić information content (AvgIpc) is 3.14. The van der Waals surface area contributed by atoms with Gasteiger partial charge in [0.25, 0.3) is 5.56 Å². The van der Waals surface area contributed by atoms with Gasteiger partial charge in [0, 0.05) is 5.69 Å². The summed E-state index contributed by atoms with van der Waals surface area (Å²) < 4.78 is 16.0. The number of anilines is 1. The zero-order valence-corrected chi connectivity index (χ0v) is 17.1. The highest BCUT2D eigenvalue weighted by Gasteiger charge is 2.14. The number of benzene rings is 2. The highest BCUT2D eigenvalue weighted by atomic mass is 19.1. The van der Waals surface area contributed by atoms with Crippen molar-refractivity contribution >= 4 is 22.8 Å². The van der Waals surface area contributed by atoms with Gasteiger partial charge in [0.05, 0.1) is 6.54 Å². The summed E-state index contributed by atoms with van der Waals surface area (Å²) in [5.41, 5.74) is 2.34. The first kappa shape index (κ1) is 20.4. The summed E-state index contributed by atoms with van der Waals surface area (Å²) in [7, 11) is 0. The fourth-order valence-corrected chi connectivity index (χ4v) is 3.22. The Morgan fingerprint density at radius 1 is 1.16 bits per heavy atom. The zero-order valence-electron chi connectivity index (χ0n) is 17.1. The van der Waals surface area contributed by atoms with E-state index in [-0.39, 0.29) is 36.0 Å². The van der Waals surface area contributed by atoms with Crippen LogP contribution in [0.5, 0.6) is 0 Å². The number of carbonyl (C=O) groups excluding carboxylic acids is 1. The minimum atomic E-state index is -0.471. The summed E-state index contributed by atoms with van der Waals surface area (Å²) in [4.78, 5) is 29.4. The van der Waals surface area contributed by atoms with Gasteiger partial charge in [0.15, 0.2) is 11.2 Å². The van der Waals surface area contributed by atoms with Gasteiger partial charge < -0.3 is 5.32 Å². The lowest BCUT2D eigenvalue weighted by Crippen LogP contribution is -2.28.